The third-order valence-electron chi connectivity index (χ3n) is 4.09. The van der Waals surface area contributed by atoms with E-state index in [1.807, 2.05) is 45.9 Å². The molecule has 0 atom stereocenters. The molecule has 0 aliphatic carbocycles. The smallest absolute Gasteiger partial charge is 0.291 e. The van der Waals surface area contributed by atoms with Crippen molar-refractivity contribution < 1.29 is 9.21 Å². The van der Waals surface area contributed by atoms with Crippen LogP contribution in [0.2, 0.25) is 5.02 Å². The average Bonchev–Trinajstić information content (AvgIpc) is 2.81. The zero-order valence-electron chi connectivity index (χ0n) is 13.6. The van der Waals surface area contributed by atoms with E-state index in [2.05, 4.69) is 11.4 Å². The second kappa shape index (κ2) is 5.74. The predicted octanol–water partition coefficient (Wildman–Crippen LogP) is 5.57. The third kappa shape index (κ3) is 2.73. The van der Waals surface area contributed by atoms with Crippen LogP contribution in [0.15, 0.2) is 34.7 Å². The summed E-state index contributed by atoms with van der Waals surface area (Å²) in [5.74, 6) is 0.0780. The number of hydrogen-bond donors (Lipinski definition) is 1. The SMILES string of the molecule is Cc1cc(C)c2c(C)c(C(=O)Nc3cccc(Cl)c3C)oc2c1. The van der Waals surface area contributed by atoms with Crippen LogP contribution in [0.25, 0.3) is 11.0 Å². The second-order valence-corrected chi connectivity index (χ2v) is 6.28. The first kappa shape index (κ1) is 15.6. The minimum Gasteiger partial charge on any atom is -0.451 e. The van der Waals surface area contributed by atoms with E-state index in [4.69, 9.17) is 16.0 Å². The Morgan fingerprint density at radius 3 is 2.57 bits per heavy atom. The number of fused-ring (bicyclic) bond motifs is 1. The number of anilines is 1. The second-order valence-electron chi connectivity index (χ2n) is 5.88. The highest BCUT2D eigenvalue weighted by atomic mass is 35.5. The Kier molecular flexibility index (Phi) is 3.90. The largest absolute Gasteiger partial charge is 0.451 e. The molecule has 2 aromatic carbocycles. The van der Waals surface area contributed by atoms with Gasteiger partial charge in [0.2, 0.25) is 0 Å². The van der Waals surface area contributed by atoms with Crippen molar-refractivity contribution in [3.8, 4) is 0 Å². The van der Waals surface area contributed by atoms with Gasteiger partial charge in [-0.05, 0) is 62.6 Å². The Hall–Kier alpha value is -2.26. The number of benzene rings is 2. The normalized spacial score (nSPS) is 11.0. The number of aryl methyl sites for hydroxylation is 3. The molecular weight excluding hydrogens is 310 g/mol. The van der Waals surface area contributed by atoms with Crippen LogP contribution >= 0.6 is 11.6 Å². The molecule has 0 aliphatic rings. The minimum atomic E-state index is -0.263. The summed E-state index contributed by atoms with van der Waals surface area (Å²) in [6.45, 7) is 7.82. The number of halogens is 1. The molecule has 1 amide bonds. The number of furan rings is 1. The van der Waals surface area contributed by atoms with Gasteiger partial charge in [0.1, 0.15) is 5.58 Å². The van der Waals surface area contributed by atoms with Crippen LogP contribution in [0.3, 0.4) is 0 Å². The topological polar surface area (TPSA) is 42.2 Å². The highest BCUT2D eigenvalue weighted by Gasteiger charge is 2.20. The average molecular weight is 328 g/mol. The third-order valence-corrected chi connectivity index (χ3v) is 4.50. The number of nitrogens with one attached hydrogen (secondary N) is 1. The molecule has 3 rings (SSSR count). The highest BCUT2D eigenvalue weighted by Crippen LogP contribution is 2.30. The first-order chi connectivity index (χ1) is 10.9. The van der Waals surface area contributed by atoms with Crippen LogP contribution in [-0.2, 0) is 0 Å². The zero-order chi connectivity index (χ0) is 16.7. The van der Waals surface area contributed by atoms with Crippen molar-refractivity contribution in [3.05, 3.63) is 63.4 Å². The van der Waals surface area contributed by atoms with Crippen molar-refractivity contribution in [3.63, 3.8) is 0 Å². The molecule has 3 aromatic rings. The van der Waals surface area contributed by atoms with Crippen molar-refractivity contribution in [1.82, 2.24) is 0 Å². The van der Waals surface area contributed by atoms with E-state index in [1.165, 1.54) is 0 Å². The molecule has 1 N–H and O–H groups in total. The lowest BCUT2D eigenvalue weighted by Gasteiger charge is -2.08. The summed E-state index contributed by atoms with van der Waals surface area (Å²) < 4.78 is 5.82. The van der Waals surface area contributed by atoms with E-state index in [9.17, 15) is 4.79 Å². The number of hydrogen-bond acceptors (Lipinski definition) is 2. The molecule has 0 unspecified atom stereocenters. The number of amides is 1. The van der Waals surface area contributed by atoms with Crippen LogP contribution < -0.4 is 5.32 Å². The molecule has 118 valence electrons. The summed E-state index contributed by atoms with van der Waals surface area (Å²) in [5, 5.41) is 4.51. The fourth-order valence-corrected chi connectivity index (χ4v) is 3.10. The van der Waals surface area contributed by atoms with Gasteiger partial charge in [0.15, 0.2) is 5.76 Å². The summed E-state index contributed by atoms with van der Waals surface area (Å²) in [5.41, 5.74) is 5.35. The number of carbonyl (C=O) groups excluding carboxylic acids is 1. The van der Waals surface area contributed by atoms with Crippen LogP contribution in [-0.4, -0.2) is 5.91 Å². The van der Waals surface area contributed by atoms with Crippen LogP contribution in [0.5, 0.6) is 0 Å². The molecule has 0 saturated heterocycles. The van der Waals surface area contributed by atoms with Crippen LogP contribution in [0.4, 0.5) is 5.69 Å². The van der Waals surface area contributed by atoms with E-state index in [1.54, 1.807) is 6.07 Å². The first-order valence-corrected chi connectivity index (χ1v) is 7.83. The molecule has 4 heteroatoms. The molecule has 0 radical (unpaired) electrons. The van der Waals surface area contributed by atoms with Gasteiger partial charge in [0.25, 0.3) is 5.91 Å². The van der Waals surface area contributed by atoms with Gasteiger partial charge >= 0.3 is 0 Å². The molecule has 0 fully saturated rings. The zero-order valence-corrected chi connectivity index (χ0v) is 14.3. The lowest BCUT2D eigenvalue weighted by Crippen LogP contribution is -2.13. The molecule has 0 saturated carbocycles. The minimum absolute atomic E-state index is 0.263. The fourth-order valence-electron chi connectivity index (χ4n) is 2.93. The molecule has 1 heterocycles. The van der Waals surface area contributed by atoms with Crippen molar-refractivity contribution >= 4 is 34.2 Å². The Bertz CT molecular complexity index is 925. The van der Waals surface area contributed by atoms with Gasteiger partial charge < -0.3 is 9.73 Å². The summed E-state index contributed by atoms with van der Waals surface area (Å²) in [6.07, 6.45) is 0. The summed E-state index contributed by atoms with van der Waals surface area (Å²) in [6, 6.07) is 9.48. The van der Waals surface area contributed by atoms with E-state index in [0.717, 1.165) is 33.2 Å². The quantitative estimate of drug-likeness (QED) is 0.668. The van der Waals surface area contributed by atoms with Crippen LogP contribution in [0.1, 0.15) is 32.8 Å². The fraction of sp³-hybridized carbons (Fsp3) is 0.211. The standard InChI is InChI=1S/C19H18ClNO2/c1-10-8-11(2)17-13(4)18(23-16(17)9-10)19(22)21-15-7-5-6-14(20)12(15)3/h5-9H,1-4H3,(H,21,22). The lowest BCUT2D eigenvalue weighted by atomic mass is 10.0. The highest BCUT2D eigenvalue weighted by molar-refractivity contribution is 6.31. The van der Waals surface area contributed by atoms with Gasteiger partial charge in [-0.1, -0.05) is 23.7 Å². The predicted molar refractivity (Wildman–Crippen MR) is 94.6 cm³/mol. The Morgan fingerprint density at radius 1 is 1.09 bits per heavy atom. The van der Waals surface area contributed by atoms with Crippen molar-refractivity contribution in [2.24, 2.45) is 0 Å². The van der Waals surface area contributed by atoms with Gasteiger partial charge in [-0.3, -0.25) is 4.79 Å². The van der Waals surface area contributed by atoms with Gasteiger partial charge in [-0.15, -0.1) is 0 Å². The van der Waals surface area contributed by atoms with E-state index in [0.29, 0.717) is 16.5 Å². The maximum absolute atomic E-state index is 12.6. The Morgan fingerprint density at radius 2 is 1.83 bits per heavy atom. The Balaban J connectivity index is 2.03. The molecule has 0 aliphatic heterocycles. The first-order valence-electron chi connectivity index (χ1n) is 7.45. The lowest BCUT2D eigenvalue weighted by molar-refractivity contribution is 0.0998. The van der Waals surface area contributed by atoms with E-state index < -0.39 is 0 Å². The monoisotopic (exact) mass is 327 g/mol. The number of carbonyl (C=O) groups is 1. The maximum Gasteiger partial charge on any atom is 0.291 e. The molecule has 23 heavy (non-hydrogen) atoms. The molecule has 0 spiro atoms. The summed E-state index contributed by atoms with van der Waals surface area (Å²) in [4.78, 5) is 12.6. The summed E-state index contributed by atoms with van der Waals surface area (Å²) >= 11 is 6.10. The summed E-state index contributed by atoms with van der Waals surface area (Å²) in [7, 11) is 0. The molecule has 3 nitrogen and oxygen atoms in total. The van der Waals surface area contributed by atoms with Gasteiger partial charge in [0, 0.05) is 21.7 Å². The van der Waals surface area contributed by atoms with Crippen LogP contribution in [0, 0.1) is 27.7 Å². The molecule has 0 bridgehead atoms. The maximum atomic E-state index is 12.6. The van der Waals surface area contributed by atoms with Gasteiger partial charge in [-0.2, -0.15) is 0 Å². The van der Waals surface area contributed by atoms with Crippen molar-refractivity contribution in [2.75, 3.05) is 5.32 Å². The number of rotatable bonds is 2. The van der Waals surface area contributed by atoms with Crippen molar-refractivity contribution in [1.29, 1.82) is 0 Å². The van der Waals surface area contributed by atoms with E-state index in [-0.39, 0.29) is 5.91 Å². The Labute approximate surface area is 140 Å². The van der Waals surface area contributed by atoms with E-state index >= 15 is 0 Å². The van der Waals surface area contributed by atoms with Gasteiger partial charge in [0.05, 0.1) is 0 Å². The molecular formula is C19H18ClNO2. The van der Waals surface area contributed by atoms with Crippen molar-refractivity contribution in [2.45, 2.75) is 27.7 Å². The van der Waals surface area contributed by atoms with Gasteiger partial charge in [-0.25, -0.2) is 0 Å². The molecule has 1 aromatic heterocycles.